The summed E-state index contributed by atoms with van der Waals surface area (Å²) in [6.07, 6.45) is 2.18. The van der Waals surface area contributed by atoms with Crippen LogP contribution in [0.15, 0.2) is 48.7 Å². The smallest absolute Gasteiger partial charge is 0.303 e. The summed E-state index contributed by atoms with van der Waals surface area (Å²) in [7, 11) is 0. The quantitative estimate of drug-likeness (QED) is 0.380. The molecule has 0 atom stereocenters. The van der Waals surface area contributed by atoms with Crippen molar-refractivity contribution in [1.82, 2.24) is 29.9 Å². The molecule has 0 saturated heterocycles. The number of rotatable bonds is 8. The van der Waals surface area contributed by atoms with Crippen LogP contribution < -0.4 is 5.73 Å². The molecule has 0 amide bonds. The third-order valence-corrected chi connectivity index (χ3v) is 5.73. The number of nitrogens with zero attached hydrogens (tertiary/aromatic N) is 7. The third-order valence-electron chi connectivity index (χ3n) is 5.73. The van der Waals surface area contributed by atoms with E-state index in [0.717, 1.165) is 11.4 Å². The van der Waals surface area contributed by atoms with E-state index in [1.54, 1.807) is 16.9 Å². The second kappa shape index (κ2) is 9.87. The van der Waals surface area contributed by atoms with Crippen LogP contribution in [0.4, 0.5) is 10.3 Å². The average molecular weight is 487 g/mol. The van der Waals surface area contributed by atoms with Gasteiger partial charge >= 0.3 is 5.97 Å². The van der Waals surface area contributed by atoms with Crippen molar-refractivity contribution in [2.45, 2.75) is 38.6 Å². The largest absolute Gasteiger partial charge is 0.481 e. The standard InChI is InChI=1S/C25H23FN8O2/c1-25(2,10-9-22(35)36)21-8-4-6-16(29-21)13-34-14-20(32-33-34)19-11-18(30-24(28)31-19)17-7-3-5-15(12-27)23(17)26/h3-8,11,14H,9-10,13H2,1-2H3,(H,35,36)(H2,28,30,31). The van der Waals surface area contributed by atoms with Crippen molar-refractivity contribution in [2.24, 2.45) is 0 Å². The maximum atomic E-state index is 14.7. The zero-order valence-electron chi connectivity index (χ0n) is 19.7. The van der Waals surface area contributed by atoms with E-state index in [9.17, 15) is 9.18 Å². The molecule has 0 aliphatic rings. The molecular formula is C25H23FN8O2. The van der Waals surface area contributed by atoms with Gasteiger partial charge in [0, 0.05) is 23.1 Å². The SMILES string of the molecule is CC(C)(CCC(=O)O)c1cccc(Cn2cc(-c3cc(-c4cccc(C#N)c4F)nc(N)n3)nn2)n1. The Morgan fingerprint density at radius 3 is 2.64 bits per heavy atom. The minimum absolute atomic E-state index is 0.0557. The van der Waals surface area contributed by atoms with Crippen molar-refractivity contribution in [2.75, 3.05) is 5.73 Å². The Morgan fingerprint density at radius 2 is 1.89 bits per heavy atom. The van der Waals surface area contributed by atoms with Crippen molar-refractivity contribution >= 4 is 11.9 Å². The number of aromatic nitrogens is 6. The molecule has 3 heterocycles. The Labute approximate surface area is 206 Å². The molecule has 182 valence electrons. The van der Waals surface area contributed by atoms with Crippen LogP contribution in [0.5, 0.6) is 0 Å². The molecule has 36 heavy (non-hydrogen) atoms. The number of pyridine rings is 1. The highest BCUT2D eigenvalue weighted by Gasteiger charge is 2.23. The maximum absolute atomic E-state index is 14.7. The molecule has 10 nitrogen and oxygen atoms in total. The van der Waals surface area contributed by atoms with E-state index in [-0.39, 0.29) is 29.2 Å². The lowest BCUT2D eigenvalue weighted by atomic mass is 9.84. The maximum Gasteiger partial charge on any atom is 0.303 e. The number of nitriles is 1. The number of hydrogen-bond acceptors (Lipinski definition) is 8. The number of carbonyl (C=O) groups is 1. The second-order valence-corrected chi connectivity index (χ2v) is 8.87. The van der Waals surface area contributed by atoms with Crippen molar-refractivity contribution in [3.63, 3.8) is 0 Å². The van der Waals surface area contributed by atoms with Crippen molar-refractivity contribution in [1.29, 1.82) is 5.26 Å². The van der Waals surface area contributed by atoms with Crippen LogP contribution in [0.2, 0.25) is 0 Å². The number of carboxylic acids is 1. The van der Waals surface area contributed by atoms with Crippen molar-refractivity contribution in [3.8, 4) is 28.7 Å². The van der Waals surface area contributed by atoms with Gasteiger partial charge in [0.05, 0.1) is 35.4 Å². The summed E-state index contributed by atoms with van der Waals surface area (Å²) in [6.45, 7) is 4.24. The first-order chi connectivity index (χ1) is 17.2. The molecule has 4 aromatic rings. The van der Waals surface area contributed by atoms with Crippen LogP contribution in [0.25, 0.3) is 22.6 Å². The molecule has 3 N–H and O–H groups in total. The molecule has 3 aromatic heterocycles. The highest BCUT2D eigenvalue weighted by atomic mass is 19.1. The van der Waals surface area contributed by atoms with Crippen LogP contribution in [-0.4, -0.2) is 41.0 Å². The molecule has 0 fully saturated rings. The summed E-state index contributed by atoms with van der Waals surface area (Å²) in [6, 6.07) is 13.4. The fourth-order valence-electron chi connectivity index (χ4n) is 3.70. The molecule has 0 saturated carbocycles. The van der Waals surface area contributed by atoms with Crippen LogP contribution >= 0.6 is 0 Å². The molecule has 0 spiro atoms. The number of benzene rings is 1. The van der Waals surface area contributed by atoms with Crippen LogP contribution in [0.1, 0.15) is 43.6 Å². The lowest BCUT2D eigenvalue weighted by molar-refractivity contribution is -0.137. The van der Waals surface area contributed by atoms with E-state index in [4.69, 9.17) is 21.1 Å². The summed E-state index contributed by atoms with van der Waals surface area (Å²) in [5.41, 5.74) is 7.99. The van der Waals surface area contributed by atoms with Gasteiger partial charge in [-0.15, -0.1) is 5.10 Å². The summed E-state index contributed by atoms with van der Waals surface area (Å²) >= 11 is 0. The van der Waals surface area contributed by atoms with Gasteiger partial charge in [0.1, 0.15) is 17.6 Å². The van der Waals surface area contributed by atoms with Gasteiger partial charge in [0.2, 0.25) is 5.95 Å². The minimum Gasteiger partial charge on any atom is -0.481 e. The predicted octanol–water partition coefficient (Wildman–Crippen LogP) is 3.58. The number of anilines is 1. The average Bonchev–Trinajstić information content (AvgIpc) is 3.31. The first-order valence-corrected chi connectivity index (χ1v) is 11.1. The highest BCUT2D eigenvalue weighted by molar-refractivity contribution is 5.69. The molecular weight excluding hydrogens is 463 g/mol. The van der Waals surface area contributed by atoms with Crippen molar-refractivity contribution < 1.29 is 14.3 Å². The number of aliphatic carboxylic acids is 1. The lowest BCUT2D eigenvalue weighted by Crippen LogP contribution is -2.21. The number of halogens is 1. The third kappa shape index (κ3) is 5.33. The molecule has 1 aromatic carbocycles. The van der Waals surface area contributed by atoms with Gasteiger partial charge in [-0.2, -0.15) is 5.26 Å². The van der Waals surface area contributed by atoms with E-state index in [1.165, 1.54) is 18.2 Å². The van der Waals surface area contributed by atoms with Crippen LogP contribution in [0.3, 0.4) is 0 Å². The fraction of sp³-hybridized carbons (Fsp3) is 0.240. The van der Waals surface area contributed by atoms with Gasteiger partial charge in [0.25, 0.3) is 0 Å². The fourth-order valence-corrected chi connectivity index (χ4v) is 3.70. The Hall–Kier alpha value is -4.72. The Kier molecular flexibility index (Phi) is 6.69. The van der Waals surface area contributed by atoms with Gasteiger partial charge in [-0.25, -0.2) is 19.0 Å². The molecule has 4 rings (SSSR count). The first-order valence-electron chi connectivity index (χ1n) is 11.1. The summed E-state index contributed by atoms with van der Waals surface area (Å²) in [5, 5.41) is 26.4. The van der Waals surface area contributed by atoms with Gasteiger partial charge in [-0.1, -0.05) is 31.2 Å². The van der Waals surface area contributed by atoms with Gasteiger partial charge in [-0.3, -0.25) is 9.78 Å². The Morgan fingerprint density at radius 1 is 1.14 bits per heavy atom. The van der Waals surface area contributed by atoms with Gasteiger partial charge < -0.3 is 10.8 Å². The van der Waals surface area contributed by atoms with Gasteiger partial charge in [0.15, 0.2) is 0 Å². The van der Waals surface area contributed by atoms with Crippen LogP contribution in [0, 0.1) is 17.1 Å². The van der Waals surface area contributed by atoms with E-state index in [0.29, 0.717) is 24.4 Å². The Bertz CT molecular complexity index is 1480. The summed E-state index contributed by atoms with van der Waals surface area (Å²) < 4.78 is 16.3. The van der Waals surface area contributed by atoms with Gasteiger partial charge in [-0.05, 0) is 36.8 Å². The monoisotopic (exact) mass is 486 g/mol. The summed E-state index contributed by atoms with van der Waals surface area (Å²) in [4.78, 5) is 24.0. The summed E-state index contributed by atoms with van der Waals surface area (Å²) in [5.74, 6) is -1.61. The number of carboxylic acid groups (broad SMARTS) is 1. The molecule has 0 aliphatic heterocycles. The van der Waals surface area contributed by atoms with E-state index >= 15 is 0 Å². The molecule has 0 radical (unpaired) electrons. The highest BCUT2D eigenvalue weighted by Crippen LogP contribution is 2.28. The number of hydrogen-bond donors (Lipinski definition) is 2. The number of nitrogen functional groups attached to an aromatic ring is 1. The minimum atomic E-state index is -0.844. The molecule has 0 unspecified atom stereocenters. The normalized spacial score (nSPS) is 11.3. The molecule has 0 bridgehead atoms. The zero-order valence-corrected chi connectivity index (χ0v) is 19.7. The second-order valence-electron chi connectivity index (χ2n) is 8.87. The zero-order chi connectivity index (χ0) is 25.9. The lowest BCUT2D eigenvalue weighted by Gasteiger charge is -2.23. The van der Waals surface area contributed by atoms with Crippen LogP contribution in [-0.2, 0) is 16.8 Å². The number of nitrogens with two attached hydrogens (primary N) is 1. The predicted molar refractivity (Wildman–Crippen MR) is 129 cm³/mol. The topological polar surface area (TPSA) is 156 Å². The van der Waals surface area contributed by atoms with E-state index in [2.05, 4.69) is 20.3 Å². The van der Waals surface area contributed by atoms with E-state index in [1.807, 2.05) is 38.1 Å². The van der Waals surface area contributed by atoms with E-state index < -0.39 is 17.2 Å². The first kappa shape index (κ1) is 24.4. The molecule has 11 heteroatoms. The Balaban J connectivity index is 1.59. The van der Waals surface area contributed by atoms with Crippen molar-refractivity contribution in [3.05, 3.63) is 71.4 Å². The molecule has 0 aliphatic carbocycles.